The predicted molar refractivity (Wildman–Crippen MR) is 156 cm³/mol. The molecule has 2 aromatic carbocycles. The molecule has 2 amide bonds. The Bertz CT molecular complexity index is 1640. The highest BCUT2D eigenvalue weighted by Crippen LogP contribution is 2.53. The standard InChI is InChI=1S/C32H32F4N6O2/c1-17-11-19-5-4-10-32(13-17,14-19)15-23-30(38-16-24(39-23)20-6-8-21(9-7-20)31(44)40-41-37)42(3)25(43)12-22-18(2)26(33)28(35)29(36)27(22)34/h6-9,16-17,19H,4-5,10-15H2,1-3H3. The number of hydrogen-bond acceptors (Lipinski definition) is 4. The van der Waals surface area contributed by atoms with Crippen LogP contribution in [0.4, 0.5) is 23.4 Å². The Kier molecular flexibility index (Phi) is 8.74. The van der Waals surface area contributed by atoms with Crippen LogP contribution in [-0.2, 0) is 17.6 Å². The van der Waals surface area contributed by atoms with E-state index in [4.69, 9.17) is 10.5 Å². The van der Waals surface area contributed by atoms with Crippen LogP contribution in [0.25, 0.3) is 21.7 Å². The molecule has 0 N–H and O–H groups in total. The van der Waals surface area contributed by atoms with Gasteiger partial charge in [0, 0.05) is 28.6 Å². The van der Waals surface area contributed by atoms with Crippen LogP contribution in [0.5, 0.6) is 0 Å². The van der Waals surface area contributed by atoms with E-state index in [0.717, 1.165) is 32.6 Å². The molecule has 2 aliphatic carbocycles. The normalized spacial score (nSPS) is 21.0. The van der Waals surface area contributed by atoms with E-state index in [9.17, 15) is 27.2 Å². The third-order valence-corrected chi connectivity index (χ3v) is 9.13. The molecular weight excluding hydrogens is 576 g/mol. The van der Waals surface area contributed by atoms with Crippen molar-refractivity contribution in [1.29, 1.82) is 0 Å². The number of aromatic nitrogens is 2. The van der Waals surface area contributed by atoms with E-state index in [1.165, 1.54) is 43.1 Å². The van der Waals surface area contributed by atoms with Gasteiger partial charge >= 0.3 is 0 Å². The summed E-state index contributed by atoms with van der Waals surface area (Å²) in [5, 5.41) is 3.11. The molecule has 230 valence electrons. The van der Waals surface area contributed by atoms with Crippen LogP contribution in [0, 0.1) is 47.4 Å². The van der Waals surface area contributed by atoms with Gasteiger partial charge in [0.05, 0.1) is 24.0 Å². The van der Waals surface area contributed by atoms with Crippen molar-refractivity contribution in [1.82, 2.24) is 9.97 Å². The monoisotopic (exact) mass is 608 g/mol. The Morgan fingerprint density at radius 3 is 2.50 bits per heavy atom. The number of halogens is 4. The van der Waals surface area contributed by atoms with Crippen LogP contribution in [0.2, 0.25) is 0 Å². The van der Waals surface area contributed by atoms with Crippen LogP contribution in [-0.4, -0.2) is 28.8 Å². The summed E-state index contributed by atoms with van der Waals surface area (Å²) >= 11 is 0. The fourth-order valence-corrected chi connectivity index (χ4v) is 7.17. The largest absolute Gasteiger partial charge is 0.298 e. The molecule has 0 saturated heterocycles. The molecule has 12 heteroatoms. The number of anilines is 1. The van der Waals surface area contributed by atoms with Crippen LogP contribution in [0.1, 0.15) is 72.6 Å². The lowest BCUT2D eigenvalue weighted by molar-refractivity contribution is -0.117. The number of nitrogens with zero attached hydrogens (tertiary/aromatic N) is 6. The van der Waals surface area contributed by atoms with Crippen molar-refractivity contribution in [2.24, 2.45) is 22.4 Å². The highest BCUT2D eigenvalue weighted by Gasteiger charge is 2.43. The molecule has 3 atom stereocenters. The number of amides is 2. The van der Waals surface area contributed by atoms with Crippen molar-refractivity contribution < 1.29 is 27.2 Å². The van der Waals surface area contributed by atoms with Crippen molar-refractivity contribution in [2.45, 2.75) is 65.2 Å². The SMILES string of the molecule is Cc1c(F)c(F)c(F)c(F)c1CC(=O)N(C)c1ncc(-c2ccc(C(=O)N=[N+]=[N-])cc2)nc1CC12CCCC(CC(C)C1)C2. The summed E-state index contributed by atoms with van der Waals surface area (Å²) in [5.74, 6) is -7.05. The summed E-state index contributed by atoms with van der Waals surface area (Å²) in [6.45, 7) is 3.35. The van der Waals surface area contributed by atoms with E-state index in [0.29, 0.717) is 35.2 Å². The maximum atomic E-state index is 14.6. The van der Waals surface area contributed by atoms with E-state index < -0.39 is 52.6 Å². The number of hydrogen-bond donors (Lipinski definition) is 0. The van der Waals surface area contributed by atoms with Crippen LogP contribution >= 0.6 is 0 Å². The second-order valence-corrected chi connectivity index (χ2v) is 12.3. The van der Waals surface area contributed by atoms with Crippen molar-refractivity contribution in [3.8, 4) is 11.3 Å². The molecule has 0 aliphatic heterocycles. The van der Waals surface area contributed by atoms with Gasteiger partial charge in [0.2, 0.25) is 11.8 Å². The van der Waals surface area contributed by atoms with E-state index in [2.05, 4.69) is 21.9 Å². The number of fused-ring (bicyclic) bond motifs is 2. The topological polar surface area (TPSA) is 112 Å². The first-order valence-corrected chi connectivity index (χ1v) is 14.6. The first kappa shape index (κ1) is 31.1. The third-order valence-electron chi connectivity index (χ3n) is 9.13. The Labute approximate surface area is 252 Å². The van der Waals surface area contributed by atoms with Gasteiger partial charge in [-0.3, -0.25) is 14.5 Å². The molecule has 1 aromatic heterocycles. The molecule has 5 rings (SSSR count). The highest BCUT2D eigenvalue weighted by molar-refractivity contribution is 5.95. The van der Waals surface area contributed by atoms with Gasteiger partial charge in [-0.25, -0.2) is 27.5 Å². The number of azide groups is 1. The second-order valence-electron chi connectivity index (χ2n) is 12.3. The third kappa shape index (κ3) is 6.04. The van der Waals surface area contributed by atoms with Crippen LogP contribution in [0.3, 0.4) is 0 Å². The van der Waals surface area contributed by atoms with Gasteiger partial charge < -0.3 is 0 Å². The smallest absolute Gasteiger partial charge is 0.249 e. The first-order valence-electron chi connectivity index (χ1n) is 14.6. The fourth-order valence-electron chi connectivity index (χ4n) is 7.17. The molecule has 0 spiro atoms. The minimum Gasteiger partial charge on any atom is -0.298 e. The fraction of sp³-hybridized carbons (Fsp3) is 0.438. The van der Waals surface area contributed by atoms with E-state index >= 15 is 0 Å². The van der Waals surface area contributed by atoms with Gasteiger partial charge in [0.25, 0.3) is 0 Å². The summed E-state index contributed by atoms with van der Waals surface area (Å²) in [6.07, 6.45) is 7.80. The molecule has 3 unspecified atom stereocenters. The minimum absolute atomic E-state index is 0.0377. The molecule has 8 nitrogen and oxygen atoms in total. The Balaban J connectivity index is 1.52. The van der Waals surface area contributed by atoms with Crippen LogP contribution in [0.15, 0.2) is 35.6 Å². The maximum Gasteiger partial charge on any atom is 0.249 e. The Hall–Kier alpha value is -4.31. The zero-order valence-corrected chi connectivity index (χ0v) is 24.7. The number of carbonyl (C=O) groups excluding carboxylic acids is 2. The molecular formula is C32H32F4N6O2. The zero-order valence-electron chi connectivity index (χ0n) is 24.7. The Morgan fingerprint density at radius 2 is 1.80 bits per heavy atom. The number of rotatable bonds is 7. The van der Waals surface area contributed by atoms with Crippen molar-refractivity contribution >= 4 is 17.6 Å². The average Bonchev–Trinajstić information content (AvgIpc) is 3.00. The van der Waals surface area contributed by atoms with Gasteiger partial charge in [-0.2, -0.15) is 0 Å². The van der Waals surface area contributed by atoms with E-state index in [1.807, 2.05) is 0 Å². The lowest BCUT2D eigenvalue weighted by Gasteiger charge is -2.48. The Morgan fingerprint density at radius 1 is 1.09 bits per heavy atom. The summed E-state index contributed by atoms with van der Waals surface area (Å²) in [7, 11) is 1.44. The molecule has 3 aromatic rings. The summed E-state index contributed by atoms with van der Waals surface area (Å²) in [6, 6.07) is 6.34. The van der Waals surface area contributed by atoms with Gasteiger partial charge in [-0.15, -0.1) is 0 Å². The predicted octanol–water partition coefficient (Wildman–Crippen LogP) is 7.81. The number of carbonyl (C=O) groups is 2. The van der Waals surface area contributed by atoms with Crippen LogP contribution < -0.4 is 4.90 Å². The maximum absolute atomic E-state index is 14.6. The second kappa shape index (κ2) is 12.4. The van der Waals surface area contributed by atoms with Crippen molar-refractivity contribution in [3.63, 3.8) is 0 Å². The van der Waals surface area contributed by atoms with Gasteiger partial charge in [-0.05, 0) is 72.5 Å². The molecule has 2 saturated carbocycles. The molecule has 0 radical (unpaired) electrons. The highest BCUT2D eigenvalue weighted by atomic mass is 19.2. The van der Waals surface area contributed by atoms with E-state index in [-0.39, 0.29) is 16.8 Å². The number of likely N-dealkylation sites (N-methyl/N-ethyl adjacent to an activating group) is 1. The summed E-state index contributed by atoms with van der Waals surface area (Å²) in [4.78, 5) is 38.6. The zero-order chi connectivity index (χ0) is 31.8. The summed E-state index contributed by atoms with van der Waals surface area (Å²) in [5.41, 5.74) is 9.37. The number of benzene rings is 2. The summed E-state index contributed by atoms with van der Waals surface area (Å²) < 4.78 is 56.6. The lowest BCUT2D eigenvalue weighted by atomic mass is 9.57. The quantitative estimate of drug-likeness (QED) is 0.0680. The van der Waals surface area contributed by atoms with Crippen molar-refractivity contribution in [3.05, 3.63) is 86.6 Å². The average molecular weight is 609 g/mol. The molecule has 2 fully saturated rings. The molecule has 2 aliphatic rings. The van der Waals surface area contributed by atoms with Gasteiger partial charge in [0.1, 0.15) is 0 Å². The molecule has 44 heavy (non-hydrogen) atoms. The van der Waals surface area contributed by atoms with E-state index in [1.54, 1.807) is 12.1 Å². The minimum atomic E-state index is -1.96. The lowest BCUT2D eigenvalue weighted by Crippen LogP contribution is -2.39. The molecule has 1 heterocycles. The van der Waals surface area contributed by atoms with Gasteiger partial charge in [-0.1, -0.05) is 44.0 Å². The first-order chi connectivity index (χ1) is 20.9. The van der Waals surface area contributed by atoms with Gasteiger partial charge in [0.15, 0.2) is 29.1 Å². The molecule has 2 bridgehead atoms. The van der Waals surface area contributed by atoms with Crippen molar-refractivity contribution in [2.75, 3.05) is 11.9 Å².